The normalized spacial score (nSPS) is 14.1. The number of fused-ring (bicyclic) bond motifs is 1. The number of para-hydroxylation sites is 1. The molecule has 0 fully saturated rings. The van der Waals surface area contributed by atoms with E-state index in [2.05, 4.69) is 10.5 Å². The molecule has 2 aromatic carbocycles. The lowest BCUT2D eigenvalue weighted by molar-refractivity contribution is 0.0955. The van der Waals surface area contributed by atoms with Gasteiger partial charge in [0.15, 0.2) is 9.84 Å². The average molecular weight is 330 g/mol. The van der Waals surface area contributed by atoms with Gasteiger partial charge < -0.3 is 4.74 Å². The van der Waals surface area contributed by atoms with Crippen LogP contribution in [0.25, 0.3) is 0 Å². The van der Waals surface area contributed by atoms with Crippen molar-refractivity contribution in [1.82, 2.24) is 5.43 Å². The molecule has 3 rings (SSSR count). The van der Waals surface area contributed by atoms with Gasteiger partial charge in [-0.3, -0.25) is 4.79 Å². The van der Waals surface area contributed by atoms with Crippen LogP contribution in [0.4, 0.5) is 0 Å². The topological polar surface area (TPSA) is 84.8 Å². The minimum atomic E-state index is -3.62. The van der Waals surface area contributed by atoms with Crippen molar-refractivity contribution >= 4 is 21.6 Å². The van der Waals surface area contributed by atoms with Crippen LogP contribution in [0.15, 0.2) is 58.5 Å². The highest BCUT2D eigenvalue weighted by Crippen LogP contribution is 2.21. The summed E-state index contributed by atoms with van der Waals surface area (Å²) in [6, 6.07) is 13.1. The van der Waals surface area contributed by atoms with Crippen LogP contribution >= 0.6 is 0 Å². The van der Waals surface area contributed by atoms with Crippen molar-refractivity contribution in [2.24, 2.45) is 5.10 Å². The fourth-order valence-corrected chi connectivity index (χ4v) is 3.29. The average Bonchev–Trinajstić information content (AvgIpc) is 2.67. The van der Waals surface area contributed by atoms with E-state index in [0.717, 1.165) is 5.56 Å². The van der Waals surface area contributed by atoms with Gasteiger partial charge >= 0.3 is 0 Å². The van der Waals surface area contributed by atoms with Crippen molar-refractivity contribution in [2.75, 3.05) is 5.75 Å². The van der Waals surface area contributed by atoms with Crippen LogP contribution in [-0.2, 0) is 9.84 Å². The molecule has 1 aliphatic heterocycles. The number of hydrazone groups is 1. The quantitative estimate of drug-likeness (QED) is 0.931. The van der Waals surface area contributed by atoms with Crippen LogP contribution in [0.3, 0.4) is 0 Å². The second-order valence-electron chi connectivity index (χ2n) is 5.12. The second-order valence-corrected chi connectivity index (χ2v) is 7.11. The van der Waals surface area contributed by atoms with Crippen LogP contribution in [0, 0.1) is 6.92 Å². The van der Waals surface area contributed by atoms with E-state index in [1.807, 2.05) is 6.92 Å². The summed E-state index contributed by atoms with van der Waals surface area (Å²) in [7, 11) is -3.62. The molecule has 0 saturated heterocycles. The van der Waals surface area contributed by atoms with E-state index in [0.29, 0.717) is 5.56 Å². The molecule has 0 aromatic heterocycles. The number of amides is 1. The van der Waals surface area contributed by atoms with Crippen LogP contribution in [-0.4, -0.2) is 26.0 Å². The first-order chi connectivity index (χ1) is 11.0. The summed E-state index contributed by atoms with van der Waals surface area (Å²) in [4.78, 5) is 12.1. The molecule has 6 nitrogen and oxygen atoms in total. The third-order valence-corrected chi connectivity index (χ3v) is 4.95. The minimum absolute atomic E-state index is 0.0797. The van der Waals surface area contributed by atoms with Gasteiger partial charge in [-0.1, -0.05) is 29.8 Å². The van der Waals surface area contributed by atoms with E-state index < -0.39 is 21.5 Å². The van der Waals surface area contributed by atoms with E-state index in [1.54, 1.807) is 36.4 Å². The number of hydrogen-bond donors (Lipinski definition) is 1. The Morgan fingerprint density at radius 1 is 1.09 bits per heavy atom. The zero-order valence-corrected chi connectivity index (χ0v) is 13.1. The third kappa shape index (κ3) is 3.24. The lowest BCUT2D eigenvalue weighted by atomic mass is 10.2. The highest BCUT2D eigenvalue weighted by molar-refractivity contribution is 7.92. The van der Waals surface area contributed by atoms with E-state index in [9.17, 15) is 13.2 Å². The molecule has 1 amide bonds. The molecule has 0 unspecified atom stereocenters. The molecule has 1 heterocycles. The number of benzene rings is 2. The van der Waals surface area contributed by atoms with E-state index in [1.165, 1.54) is 12.1 Å². The summed E-state index contributed by atoms with van der Waals surface area (Å²) < 4.78 is 30.4. The summed E-state index contributed by atoms with van der Waals surface area (Å²) in [6.45, 7) is 1.88. The number of carbonyl (C=O) groups is 1. The first-order valence-corrected chi connectivity index (χ1v) is 8.54. The fourth-order valence-electron chi connectivity index (χ4n) is 2.12. The maximum Gasteiger partial charge on any atom is 0.275 e. The van der Waals surface area contributed by atoms with Gasteiger partial charge in [0.25, 0.3) is 5.91 Å². The Morgan fingerprint density at radius 3 is 2.52 bits per heavy atom. The van der Waals surface area contributed by atoms with Crippen LogP contribution < -0.4 is 10.2 Å². The Bertz CT molecular complexity index is 887. The van der Waals surface area contributed by atoms with Crippen molar-refractivity contribution in [3.05, 3.63) is 59.7 Å². The summed E-state index contributed by atoms with van der Waals surface area (Å²) in [5.41, 5.74) is 3.56. The Hall–Kier alpha value is -2.67. The lowest BCUT2D eigenvalue weighted by Crippen LogP contribution is -2.23. The number of carbonyl (C=O) groups excluding carboxylic acids is 1. The molecule has 7 heteroatoms. The predicted molar refractivity (Wildman–Crippen MR) is 85.2 cm³/mol. The molecule has 0 bridgehead atoms. The van der Waals surface area contributed by atoms with Gasteiger partial charge in [-0.25, -0.2) is 13.8 Å². The van der Waals surface area contributed by atoms with Crippen molar-refractivity contribution in [3.63, 3.8) is 0 Å². The highest BCUT2D eigenvalue weighted by Gasteiger charge is 2.24. The first-order valence-electron chi connectivity index (χ1n) is 6.89. The number of rotatable bonds is 3. The van der Waals surface area contributed by atoms with Gasteiger partial charge in [0, 0.05) is 0 Å². The zero-order valence-electron chi connectivity index (χ0n) is 12.3. The van der Waals surface area contributed by atoms with E-state index in [-0.39, 0.29) is 16.5 Å². The Balaban J connectivity index is 1.88. The number of ether oxygens (including phenoxy) is 1. The molecule has 0 spiro atoms. The summed E-state index contributed by atoms with van der Waals surface area (Å²) >= 11 is 0. The molecule has 0 atom stereocenters. The first kappa shape index (κ1) is 15.2. The van der Waals surface area contributed by atoms with Crippen molar-refractivity contribution in [2.45, 2.75) is 11.8 Å². The highest BCUT2D eigenvalue weighted by atomic mass is 32.2. The largest absolute Gasteiger partial charge is 0.439 e. The lowest BCUT2D eigenvalue weighted by Gasteiger charge is -2.08. The SMILES string of the molecule is Cc1ccc(S(=O)(=O)CC2=NNC(=O)c3ccccc3O2)cc1. The van der Waals surface area contributed by atoms with Gasteiger partial charge in [0.2, 0.25) is 5.90 Å². The summed E-state index contributed by atoms with van der Waals surface area (Å²) in [5.74, 6) is -0.683. The predicted octanol–water partition coefficient (Wildman–Crippen LogP) is 1.90. The van der Waals surface area contributed by atoms with Crippen LogP contribution in [0.2, 0.25) is 0 Å². The molecule has 0 saturated carbocycles. The Kier molecular flexibility index (Phi) is 3.87. The molecule has 118 valence electrons. The van der Waals surface area contributed by atoms with E-state index in [4.69, 9.17) is 4.74 Å². The van der Waals surface area contributed by atoms with Gasteiger partial charge in [0.1, 0.15) is 11.5 Å². The Labute approximate surface area is 133 Å². The van der Waals surface area contributed by atoms with Gasteiger partial charge in [-0.05, 0) is 31.2 Å². The molecule has 23 heavy (non-hydrogen) atoms. The van der Waals surface area contributed by atoms with Crippen LogP contribution in [0.5, 0.6) is 5.75 Å². The monoisotopic (exact) mass is 330 g/mol. The maximum atomic E-state index is 12.4. The molecular formula is C16H14N2O4S. The Morgan fingerprint density at radius 2 is 1.78 bits per heavy atom. The number of aryl methyl sites for hydroxylation is 1. The summed E-state index contributed by atoms with van der Waals surface area (Å²) in [5, 5.41) is 3.76. The molecule has 0 radical (unpaired) electrons. The molecule has 1 N–H and O–H groups in total. The summed E-state index contributed by atoms with van der Waals surface area (Å²) in [6.07, 6.45) is 0. The maximum absolute atomic E-state index is 12.4. The molecule has 1 aliphatic rings. The third-order valence-electron chi connectivity index (χ3n) is 3.34. The number of hydrogen-bond acceptors (Lipinski definition) is 5. The van der Waals surface area contributed by atoms with Crippen molar-refractivity contribution < 1.29 is 17.9 Å². The van der Waals surface area contributed by atoms with Gasteiger partial charge in [0.05, 0.1) is 10.5 Å². The molecule has 2 aromatic rings. The number of nitrogens with one attached hydrogen (secondary N) is 1. The van der Waals surface area contributed by atoms with E-state index >= 15 is 0 Å². The van der Waals surface area contributed by atoms with Crippen molar-refractivity contribution in [3.8, 4) is 5.75 Å². The smallest absolute Gasteiger partial charge is 0.275 e. The standard InChI is InChI=1S/C16H14N2O4S/c1-11-6-8-12(9-7-11)23(20,21)10-15-17-18-16(19)13-4-2-3-5-14(13)22-15/h2-9H,10H2,1H3,(H,18,19). The fraction of sp³-hybridized carbons (Fsp3) is 0.125. The van der Waals surface area contributed by atoms with Crippen LogP contribution in [0.1, 0.15) is 15.9 Å². The zero-order chi connectivity index (χ0) is 16.4. The second kappa shape index (κ2) is 5.85. The minimum Gasteiger partial charge on any atom is -0.439 e. The number of nitrogens with zero attached hydrogens (tertiary/aromatic N) is 1. The molecular weight excluding hydrogens is 316 g/mol. The number of sulfone groups is 1. The van der Waals surface area contributed by atoms with Crippen molar-refractivity contribution in [1.29, 1.82) is 0 Å². The molecule has 0 aliphatic carbocycles. The van der Waals surface area contributed by atoms with Gasteiger partial charge in [-0.2, -0.15) is 0 Å². The van der Waals surface area contributed by atoms with Gasteiger partial charge in [-0.15, -0.1) is 5.10 Å².